The van der Waals surface area contributed by atoms with Crippen molar-refractivity contribution in [1.82, 2.24) is 19.3 Å². The Bertz CT molecular complexity index is 3090. The van der Waals surface area contributed by atoms with Crippen LogP contribution in [0.2, 0.25) is 10.0 Å². The van der Waals surface area contributed by atoms with Gasteiger partial charge in [0.25, 0.3) is 0 Å². The average molecular weight is 956 g/mol. The van der Waals surface area contributed by atoms with Gasteiger partial charge in [-0.25, -0.2) is 9.59 Å². The fourth-order valence-corrected chi connectivity index (χ4v) is 13.5. The van der Waals surface area contributed by atoms with Gasteiger partial charge in [-0.3, -0.25) is 0 Å². The van der Waals surface area contributed by atoms with Gasteiger partial charge in [-0.1, -0.05) is 110 Å². The number of anilines is 2. The molecule has 11 rings (SSSR count). The summed E-state index contributed by atoms with van der Waals surface area (Å²) in [6.45, 7) is 5.20. The molecule has 0 amide bonds. The van der Waals surface area contributed by atoms with Gasteiger partial charge in [0.2, 0.25) is 0 Å². The molecule has 2 aromatic heterocycles. The Morgan fingerprint density at radius 1 is 0.721 bits per heavy atom. The molecule has 7 heterocycles. The van der Waals surface area contributed by atoms with Crippen LogP contribution in [0.25, 0.3) is 33.0 Å². The molecule has 5 aliphatic heterocycles. The highest BCUT2D eigenvalue weighted by molar-refractivity contribution is 6.34. The summed E-state index contributed by atoms with van der Waals surface area (Å²) in [6, 6.07) is 29.0. The number of esters is 2. The Morgan fingerprint density at radius 3 is 1.88 bits per heavy atom. The van der Waals surface area contributed by atoms with Crippen molar-refractivity contribution in [3.8, 4) is 0 Å². The Morgan fingerprint density at radius 2 is 1.26 bits per heavy atom. The predicted octanol–water partition coefficient (Wildman–Crippen LogP) is 11.8. The number of ether oxygens (including phenoxy) is 2. The number of carbonyl (C=O) groups excluding carboxylic acids is 2. The normalized spacial score (nSPS) is 26.6. The van der Waals surface area contributed by atoms with Crippen molar-refractivity contribution < 1.29 is 29.5 Å². The molecule has 2 fully saturated rings. The van der Waals surface area contributed by atoms with Crippen LogP contribution in [-0.2, 0) is 25.5 Å². The predicted molar refractivity (Wildman–Crippen MR) is 266 cm³/mol. The molecule has 14 heteroatoms. The van der Waals surface area contributed by atoms with Gasteiger partial charge in [0.05, 0.1) is 75.2 Å². The molecule has 0 bridgehead atoms. The minimum atomic E-state index is -0.573. The lowest BCUT2D eigenvalue weighted by molar-refractivity contribution is -0.203. The Kier molecular flexibility index (Phi) is 11.3. The van der Waals surface area contributed by atoms with Crippen molar-refractivity contribution in [1.29, 1.82) is 0 Å². The number of aromatic nitrogens is 2. The Labute approximate surface area is 405 Å². The summed E-state index contributed by atoms with van der Waals surface area (Å²) < 4.78 is 15.7. The van der Waals surface area contributed by atoms with E-state index in [4.69, 9.17) is 32.7 Å². The highest BCUT2D eigenvalue weighted by Gasteiger charge is 2.53. The molecule has 68 heavy (non-hydrogen) atoms. The van der Waals surface area contributed by atoms with Crippen LogP contribution in [0, 0.1) is 10.8 Å². The topological polar surface area (TPSA) is 133 Å². The fourth-order valence-electron chi connectivity index (χ4n) is 13.0. The van der Waals surface area contributed by atoms with Crippen LogP contribution < -0.4 is 10.6 Å². The summed E-state index contributed by atoms with van der Waals surface area (Å²) in [5, 5.41) is 37.7. The van der Waals surface area contributed by atoms with Crippen molar-refractivity contribution >= 4 is 79.5 Å². The molecular weight excluding hydrogens is 900 g/mol. The summed E-state index contributed by atoms with van der Waals surface area (Å²) in [7, 11) is 2.84. The number of benzene rings is 4. The number of nitrogens with one attached hydrogen (secondary N) is 2. The number of carbonyl (C=O) groups is 2. The SMILES string of the molecule is CC[C@]12C=C(C(=O)OC)c3c(C[C@H]4Nc5c(Cl)cccc5C(Nc5ccccc5Cl)[C@@H]4c4c5n(c6ccccc46)[C@H]4N(O)CCC[C@@]4(CC)C=C5C(=O)OC)c4ccccc4n3[C@H]1N(O)CCC2. The van der Waals surface area contributed by atoms with Crippen molar-refractivity contribution in [2.75, 3.05) is 37.9 Å². The summed E-state index contributed by atoms with van der Waals surface area (Å²) in [5.74, 6) is -1.41. The van der Waals surface area contributed by atoms with Crippen LogP contribution in [0.15, 0.2) is 103 Å². The van der Waals surface area contributed by atoms with E-state index in [1.54, 1.807) is 0 Å². The van der Waals surface area contributed by atoms with Gasteiger partial charge in [-0.15, -0.1) is 0 Å². The first kappa shape index (κ1) is 44.9. The molecule has 0 radical (unpaired) electrons. The summed E-state index contributed by atoms with van der Waals surface area (Å²) >= 11 is 14.3. The van der Waals surface area contributed by atoms with Gasteiger partial charge in [0, 0.05) is 46.7 Å². The number of methoxy groups -OCH3 is 2. The molecule has 0 saturated carbocycles. The standard InChI is InChI=1S/C54H56Cl2N6O6/c1-5-53-24-14-26-59(65)51(53)61-41-22-11-7-16-31(41)34(47(61)35(29-53)49(63)67-3)28-40-44(46(57-39-21-10-9-19-37(39)55)33-18-13-20-38(56)45(33)58-40)43-32-17-8-12-23-42(32)62-48(43)36(50(64)68-4)30-54(6-2)25-15-27-60(66)52(54)62/h7-13,16-23,29-30,40,44,46,51-52,57-58,65-66H,5-6,14-15,24-28H2,1-4H3/t40-,44+,46?,51-,52-,53+,54+/m1/s1. The van der Waals surface area contributed by atoms with E-state index in [1.165, 1.54) is 24.3 Å². The largest absolute Gasteiger partial charge is 0.465 e. The maximum absolute atomic E-state index is 14.6. The highest BCUT2D eigenvalue weighted by atomic mass is 35.5. The molecule has 7 atom stereocenters. The molecule has 4 aromatic carbocycles. The maximum Gasteiger partial charge on any atom is 0.339 e. The molecule has 5 aliphatic rings. The molecule has 12 nitrogen and oxygen atoms in total. The monoisotopic (exact) mass is 954 g/mol. The summed E-state index contributed by atoms with van der Waals surface area (Å²) in [5.41, 5.74) is 7.07. The van der Waals surface area contributed by atoms with Crippen molar-refractivity contribution in [2.45, 2.75) is 89.1 Å². The molecule has 2 saturated heterocycles. The number of hydrogen-bond donors (Lipinski definition) is 4. The van der Waals surface area contributed by atoms with Crippen LogP contribution in [-0.4, -0.2) is 75.0 Å². The van der Waals surface area contributed by atoms with E-state index >= 15 is 0 Å². The van der Waals surface area contributed by atoms with Crippen LogP contribution in [0.5, 0.6) is 0 Å². The summed E-state index contributed by atoms with van der Waals surface area (Å²) in [6.07, 6.45) is 7.98. The quantitative estimate of drug-likeness (QED) is 0.104. The Balaban J connectivity index is 1.23. The third kappa shape index (κ3) is 6.62. The number of hydrogen-bond acceptors (Lipinski definition) is 10. The molecule has 6 aromatic rings. The smallest absolute Gasteiger partial charge is 0.339 e. The van der Waals surface area contributed by atoms with Gasteiger partial charge in [0.15, 0.2) is 0 Å². The molecular formula is C54H56Cl2N6O6. The number of nitrogens with zero attached hydrogens (tertiary/aromatic N) is 4. The molecule has 4 N–H and O–H groups in total. The van der Waals surface area contributed by atoms with E-state index in [9.17, 15) is 20.0 Å². The highest BCUT2D eigenvalue weighted by Crippen LogP contribution is 2.59. The molecule has 0 spiro atoms. The molecule has 352 valence electrons. The first-order chi connectivity index (χ1) is 33.0. The van der Waals surface area contributed by atoms with Crippen LogP contribution in [0.4, 0.5) is 11.4 Å². The van der Waals surface area contributed by atoms with E-state index in [1.807, 2.05) is 60.7 Å². The van der Waals surface area contributed by atoms with Crippen LogP contribution in [0.3, 0.4) is 0 Å². The van der Waals surface area contributed by atoms with Gasteiger partial charge < -0.3 is 39.7 Å². The van der Waals surface area contributed by atoms with Crippen molar-refractivity contribution in [3.63, 3.8) is 0 Å². The molecule has 0 aliphatic carbocycles. The Hall–Kier alpha value is -5.60. The lowest BCUT2D eigenvalue weighted by Gasteiger charge is -2.50. The minimum absolute atomic E-state index is 0.356. The number of fused-ring (bicyclic) bond motifs is 11. The number of piperidine rings is 2. The number of halogens is 2. The second-order valence-corrected chi connectivity index (χ2v) is 20.0. The second kappa shape index (κ2) is 17.1. The van der Waals surface area contributed by atoms with Gasteiger partial charge in [0.1, 0.15) is 12.3 Å². The van der Waals surface area contributed by atoms with Gasteiger partial charge in [-0.2, -0.15) is 10.1 Å². The third-order valence-electron chi connectivity index (χ3n) is 16.1. The zero-order chi connectivity index (χ0) is 47.2. The average Bonchev–Trinajstić information content (AvgIpc) is 3.86. The lowest BCUT2D eigenvalue weighted by Crippen LogP contribution is -2.49. The minimum Gasteiger partial charge on any atom is -0.465 e. The van der Waals surface area contributed by atoms with Gasteiger partial charge in [-0.05, 0) is 92.0 Å². The zero-order valence-electron chi connectivity index (χ0n) is 38.6. The van der Waals surface area contributed by atoms with E-state index in [2.05, 4.69) is 76.1 Å². The van der Waals surface area contributed by atoms with Crippen LogP contribution >= 0.6 is 23.2 Å². The molecule has 1 unspecified atom stereocenters. The second-order valence-electron chi connectivity index (χ2n) is 19.2. The van der Waals surface area contributed by atoms with Crippen LogP contribution in [0.1, 0.15) is 105 Å². The fraction of sp³-hybridized carbons (Fsp3) is 0.370. The summed E-state index contributed by atoms with van der Waals surface area (Å²) in [4.78, 5) is 28.9. The first-order valence-corrected chi connectivity index (χ1v) is 24.6. The van der Waals surface area contributed by atoms with E-state index < -0.39 is 53.1 Å². The van der Waals surface area contributed by atoms with E-state index in [0.717, 1.165) is 75.6 Å². The van der Waals surface area contributed by atoms with Gasteiger partial charge >= 0.3 is 11.9 Å². The van der Waals surface area contributed by atoms with E-state index in [-0.39, 0.29) is 0 Å². The third-order valence-corrected chi connectivity index (χ3v) is 16.7. The maximum atomic E-state index is 14.6. The first-order valence-electron chi connectivity index (χ1n) is 23.8. The van der Waals surface area contributed by atoms with Crippen molar-refractivity contribution in [3.05, 3.63) is 141 Å². The zero-order valence-corrected chi connectivity index (χ0v) is 40.1. The van der Waals surface area contributed by atoms with Crippen molar-refractivity contribution in [2.24, 2.45) is 10.8 Å². The number of rotatable bonds is 9. The lowest BCUT2D eigenvalue weighted by atomic mass is 9.70. The number of para-hydroxylation sites is 4. The number of hydroxylamine groups is 4. The van der Waals surface area contributed by atoms with E-state index in [0.29, 0.717) is 64.9 Å².